The average molecular weight is 356 g/mol. The van der Waals surface area contributed by atoms with Gasteiger partial charge in [0.1, 0.15) is 4.90 Å². The maximum Gasteiger partial charge on any atom is 0.243 e. The minimum Gasteiger partial charge on any atom is -0.308 e. The minimum atomic E-state index is -4.30. The fourth-order valence-corrected chi connectivity index (χ4v) is 3.88. The molecule has 0 aliphatic carbocycles. The summed E-state index contributed by atoms with van der Waals surface area (Å²) in [5.74, 6) is -4.96. The molecule has 24 heavy (non-hydrogen) atoms. The summed E-state index contributed by atoms with van der Waals surface area (Å²) in [7, 11) is -4.30. The molecule has 128 valence electrons. The predicted octanol–water partition coefficient (Wildman–Crippen LogP) is 2.27. The van der Waals surface area contributed by atoms with Crippen LogP contribution < -0.4 is 10.0 Å². The highest BCUT2D eigenvalue weighted by Gasteiger charge is 2.26. The van der Waals surface area contributed by atoms with Crippen molar-refractivity contribution in [1.29, 1.82) is 0 Å². The number of hydrogen-bond donors (Lipinski definition) is 2. The molecule has 2 N–H and O–H groups in total. The first-order chi connectivity index (χ1) is 11.4. The van der Waals surface area contributed by atoms with E-state index in [-0.39, 0.29) is 12.6 Å². The van der Waals surface area contributed by atoms with Crippen LogP contribution in [0.5, 0.6) is 0 Å². The van der Waals surface area contributed by atoms with Gasteiger partial charge >= 0.3 is 0 Å². The van der Waals surface area contributed by atoms with Crippen molar-refractivity contribution in [3.63, 3.8) is 0 Å². The van der Waals surface area contributed by atoms with E-state index in [2.05, 4.69) is 10.0 Å². The lowest BCUT2D eigenvalue weighted by molar-refractivity contribution is 0.430. The second-order valence-corrected chi connectivity index (χ2v) is 7.22. The highest BCUT2D eigenvalue weighted by Crippen LogP contribution is 2.23. The van der Waals surface area contributed by atoms with Gasteiger partial charge in [0.2, 0.25) is 10.0 Å². The van der Waals surface area contributed by atoms with E-state index in [0.29, 0.717) is 18.7 Å². The Kier molecular flexibility index (Phi) is 4.62. The summed E-state index contributed by atoms with van der Waals surface area (Å²) in [6.45, 7) is 0.653. The topological polar surface area (TPSA) is 58.2 Å². The maximum absolute atomic E-state index is 13.7. The lowest BCUT2D eigenvalue weighted by atomic mass is 9.95. The Morgan fingerprint density at radius 3 is 2.62 bits per heavy atom. The van der Waals surface area contributed by atoms with E-state index < -0.39 is 32.4 Å². The molecule has 1 aliphatic heterocycles. The van der Waals surface area contributed by atoms with Gasteiger partial charge in [0, 0.05) is 12.6 Å². The van der Waals surface area contributed by atoms with Crippen LogP contribution in [0, 0.1) is 17.5 Å². The molecule has 0 saturated carbocycles. The lowest BCUT2D eigenvalue weighted by Gasteiger charge is -2.27. The highest BCUT2D eigenvalue weighted by molar-refractivity contribution is 7.89. The molecule has 8 heteroatoms. The average Bonchev–Trinajstić information content (AvgIpc) is 2.57. The van der Waals surface area contributed by atoms with Gasteiger partial charge in [-0.25, -0.2) is 26.3 Å². The molecule has 1 heterocycles. The van der Waals surface area contributed by atoms with Crippen molar-refractivity contribution in [1.82, 2.24) is 10.0 Å². The Hall–Kier alpha value is -1.90. The summed E-state index contributed by atoms with van der Waals surface area (Å²) < 4.78 is 66.6. The molecule has 4 nitrogen and oxygen atoms in total. The van der Waals surface area contributed by atoms with Gasteiger partial charge in [0.25, 0.3) is 0 Å². The summed E-state index contributed by atoms with van der Waals surface area (Å²) in [5, 5.41) is 3.18. The predicted molar refractivity (Wildman–Crippen MR) is 82.4 cm³/mol. The first-order valence-corrected chi connectivity index (χ1v) is 8.83. The first-order valence-electron chi connectivity index (χ1n) is 7.34. The summed E-state index contributed by atoms with van der Waals surface area (Å²) in [6.07, 6.45) is 0.831. The fraction of sp³-hybridized carbons (Fsp3) is 0.250. The molecule has 2 aromatic rings. The first kappa shape index (κ1) is 16.9. The van der Waals surface area contributed by atoms with Crippen LogP contribution in [-0.4, -0.2) is 21.5 Å². The summed E-state index contributed by atoms with van der Waals surface area (Å²) in [6, 6.07) is 8.62. The van der Waals surface area contributed by atoms with Crippen LogP contribution in [0.3, 0.4) is 0 Å². The third-order valence-corrected chi connectivity index (χ3v) is 5.42. The SMILES string of the molecule is O=S(=O)(NCC1NCCc2ccccc21)c1ccc(F)c(F)c1F. The van der Waals surface area contributed by atoms with E-state index in [9.17, 15) is 21.6 Å². The maximum atomic E-state index is 13.7. The Bertz CT molecular complexity index is 872. The molecule has 0 saturated heterocycles. The summed E-state index contributed by atoms with van der Waals surface area (Å²) in [4.78, 5) is -0.912. The van der Waals surface area contributed by atoms with Gasteiger partial charge < -0.3 is 5.32 Å². The van der Waals surface area contributed by atoms with Gasteiger partial charge in [-0.15, -0.1) is 0 Å². The Morgan fingerprint density at radius 1 is 1.08 bits per heavy atom. The minimum absolute atomic E-state index is 0.0300. The van der Waals surface area contributed by atoms with Crippen molar-refractivity contribution < 1.29 is 21.6 Å². The van der Waals surface area contributed by atoms with Crippen LogP contribution in [0.2, 0.25) is 0 Å². The van der Waals surface area contributed by atoms with Gasteiger partial charge in [0.05, 0.1) is 0 Å². The van der Waals surface area contributed by atoms with Gasteiger partial charge in [-0.3, -0.25) is 0 Å². The number of fused-ring (bicyclic) bond motifs is 1. The second kappa shape index (κ2) is 6.54. The molecule has 0 bridgehead atoms. The molecule has 1 atom stereocenters. The second-order valence-electron chi connectivity index (χ2n) is 5.48. The zero-order valence-corrected chi connectivity index (χ0v) is 13.3. The standard InChI is InChI=1S/C16H15F3N2O2S/c17-12-5-6-14(16(19)15(12)18)24(22,23)21-9-13-11-4-2-1-3-10(11)7-8-20-13/h1-6,13,20-21H,7-9H2. The van der Waals surface area contributed by atoms with E-state index in [0.717, 1.165) is 17.5 Å². The number of benzene rings is 2. The van der Waals surface area contributed by atoms with Crippen molar-refractivity contribution >= 4 is 10.0 Å². The Morgan fingerprint density at radius 2 is 1.83 bits per heavy atom. The van der Waals surface area contributed by atoms with E-state index in [1.54, 1.807) is 0 Å². The Labute approximate surface area is 137 Å². The molecule has 0 spiro atoms. The molecule has 0 radical (unpaired) electrons. The van der Waals surface area contributed by atoms with Gasteiger partial charge in [-0.2, -0.15) is 0 Å². The van der Waals surface area contributed by atoms with Crippen LogP contribution in [0.25, 0.3) is 0 Å². The molecule has 0 fully saturated rings. The Balaban J connectivity index is 1.81. The molecule has 1 aliphatic rings. The van der Waals surface area contributed by atoms with Gasteiger partial charge in [-0.05, 0) is 36.2 Å². The largest absolute Gasteiger partial charge is 0.308 e. The van der Waals surface area contributed by atoms with E-state index in [1.807, 2.05) is 24.3 Å². The highest BCUT2D eigenvalue weighted by atomic mass is 32.2. The van der Waals surface area contributed by atoms with Crippen LogP contribution in [0.15, 0.2) is 41.3 Å². The molecule has 0 amide bonds. The third kappa shape index (κ3) is 3.17. The molecule has 3 rings (SSSR count). The van der Waals surface area contributed by atoms with Crippen molar-refractivity contribution in [3.8, 4) is 0 Å². The fourth-order valence-electron chi connectivity index (χ4n) is 2.76. The van der Waals surface area contributed by atoms with Crippen molar-refractivity contribution in [2.75, 3.05) is 13.1 Å². The molecule has 2 aromatic carbocycles. The zero-order chi connectivity index (χ0) is 17.3. The molecular weight excluding hydrogens is 341 g/mol. The number of sulfonamides is 1. The van der Waals surface area contributed by atoms with Crippen molar-refractivity contribution in [2.45, 2.75) is 17.4 Å². The van der Waals surface area contributed by atoms with E-state index >= 15 is 0 Å². The van der Waals surface area contributed by atoms with Crippen molar-refractivity contribution in [3.05, 3.63) is 65.0 Å². The van der Waals surface area contributed by atoms with Crippen LogP contribution in [-0.2, 0) is 16.4 Å². The van der Waals surface area contributed by atoms with E-state index in [1.165, 1.54) is 0 Å². The normalized spacial score (nSPS) is 17.5. The van der Waals surface area contributed by atoms with Gasteiger partial charge in [0.15, 0.2) is 17.5 Å². The summed E-state index contributed by atoms with van der Waals surface area (Å²) in [5.41, 5.74) is 2.07. The zero-order valence-electron chi connectivity index (χ0n) is 12.5. The van der Waals surface area contributed by atoms with Gasteiger partial charge in [-0.1, -0.05) is 24.3 Å². The molecule has 0 aromatic heterocycles. The van der Waals surface area contributed by atoms with Crippen LogP contribution >= 0.6 is 0 Å². The number of hydrogen-bond acceptors (Lipinski definition) is 3. The van der Waals surface area contributed by atoms with Crippen molar-refractivity contribution in [2.24, 2.45) is 0 Å². The quantitative estimate of drug-likeness (QED) is 0.827. The summed E-state index contributed by atoms with van der Waals surface area (Å²) >= 11 is 0. The number of nitrogens with one attached hydrogen (secondary N) is 2. The molecular formula is C16H15F3N2O2S. The van der Waals surface area contributed by atoms with Crippen LogP contribution in [0.1, 0.15) is 17.2 Å². The number of rotatable bonds is 4. The third-order valence-electron chi connectivity index (χ3n) is 3.98. The van der Waals surface area contributed by atoms with Crippen LogP contribution in [0.4, 0.5) is 13.2 Å². The smallest absolute Gasteiger partial charge is 0.243 e. The lowest BCUT2D eigenvalue weighted by Crippen LogP contribution is -2.39. The number of halogens is 3. The molecule has 1 unspecified atom stereocenters. The monoisotopic (exact) mass is 356 g/mol. The van der Waals surface area contributed by atoms with E-state index in [4.69, 9.17) is 0 Å².